The summed E-state index contributed by atoms with van der Waals surface area (Å²) in [6.07, 6.45) is 5.46. The average Bonchev–Trinajstić information content (AvgIpc) is 2.68. The fraction of sp³-hybridized carbons (Fsp3) is 0.286. The molecule has 0 aliphatic heterocycles. The van der Waals surface area contributed by atoms with Crippen LogP contribution in [0.1, 0.15) is 37.3 Å². The van der Waals surface area contributed by atoms with Crippen LogP contribution in [0.2, 0.25) is 0 Å². The van der Waals surface area contributed by atoms with Crippen LogP contribution in [-0.2, 0) is 0 Å². The third kappa shape index (κ3) is 6.22. The Labute approximate surface area is 159 Å². The van der Waals surface area contributed by atoms with E-state index in [1.54, 1.807) is 6.20 Å². The Kier molecular flexibility index (Phi) is 8.58. The fourth-order valence-electron chi connectivity index (χ4n) is 2.30. The molecule has 0 aliphatic rings. The van der Waals surface area contributed by atoms with Gasteiger partial charge < -0.3 is 4.74 Å². The lowest BCUT2D eigenvalue weighted by atomic mass is 10.2. The van der Waals surface area contributed by atoms with Gasteiger partial charge in [-0.25, -0.2) is 0 Å². The van der Waals surface area contributed by atoms with E-state index in [1.807, 2.05) is 60.7 Å². The first kappa shape index (κ1) is 19.6. The van der Waals surface area contributed by atoms with Crippen molar-refractivity contribution in [1.29, 1.82) is 0 Å². The van der Waals surface area contributed by atoms with Crippen LogP contribution in [-0.4, -0.2) is 10.9 Å². The van der Waals surface area contributed by atoms with E-state index in [9.17, 15) is 0 Å². The molecule has 0 radical (unpaired) electrons. The molecule has 25 heavy (non-hydrogen) atoms. The van der Waals surface area contributed by atoms with Crippen LogP contribution in [0.3, 0.4) is 0 Å². The lowest BCUT2D eigenvalue weighted by Gasteiger charge is -2.14. The SMILES string of the molecule is CCCCCCl.ClC(Oc1ccnc2ccccc12)c1ccccc1. The lowest BCUT2D eigenvalue weighted by Crippen LogP contribution is -2.00. The minimum atomic E-state index is -0.507. The van der Waals surface area contributed by atoms with E-state index in [0.29, 0.717) is 0 Å². The van der Waals surface area contributed by atoms with E-state index in [1.165, 1.54) is 19.3 Å². The molecule has 1 heterocycles. The van der Waals surface area contributed by atoms with E-state index in [4.69, 9.17) is 27.9 Å². The highest BCUT2D eigenvalue weighted by Gasteiger charge is 2.11. The Morgan fingerprint density at radius 2 is 1.68 bits per heavy atom. The van der Waals surface area contributed by atoms with Crippen LogP contribution in [0.25, 0.3) is 10.9 Å². The fourth-order valence-corrected chi connectivity index (χ4v) is 2.73. The Balaban J connectivity index is 0.000000326. The van der Waals surface area contributed by atoms with E-state index < -0.39 is 5.56 Å². The summed E-state index contributed by atoms with van der Waals surface area (Å²) < 4.78 is 5.84. The number of unbranched alkanes of at least 4 members (excludes halogenated alkanes) is 2. The standard InChI is InChI=1S/C16H12ClNO.C5H11Cl/c17-16(12-6-2-1-3-7-12)19-15-10-11-18-14-9-5-4-8-13(14)15;1-2-3-4-5-6/h1-11,16H;2-5H2,1H3. The van der Waals surface area contributed by atoms with E-state index in [-0.39, 0.29) is 0 Å². The molecular weight excluding hydrogens is 353 g/mol. The van der Waals surface area contributed by atoms with Crippen molar-refractivity contribution in [2.24, 2.45) is 0 Å². The van der Waals surface area contributed by atoms with Gasteiger partial charge in [0.05, 0.1) is 5.52 Å². The number of alkyl halides is 2. The molecule has 0 saturated carbocycles. The van der Waals surface area contributed by atoms with Gasteiger partial charge in [0, 0.05) is 23.0 Å². The first-order valence-electron chi connectivity index (χ1n) is 8.51. The van der Waals surface area contributed by atoms with Gasteiger partial charge in [-0.15, -0.1) is 11.6 Å². The molecule has 3 rings (SSSR count). The number of aromatic nitrogens is 1. The summed E-state index contributed by atoms with van der Waals surface area (Å²) in [6.45, 7) is 2.17. The summed E-state index contributed by atoms with van der Waals surface area (Å²) >= 11 is 11.7. The third-order valence-corrected chi connectivity index (χ3v) is 4.25. The van der Waals surface area contributed by atoms with Gasteiger partial charge in [-0.05, 0) is 24.6 Å². The molecule has 4 heteroatoms. The normalized spacial score (nSPS) is 11.5. The molecule has 0 N–H and O–H groups in total. The number of benzene rings is 2. The van der Waals surface area contributed by atoms with Crippen LogP contribution in [0.15, 0.2) is 66.9 Å². The van der Waals surface area contributed by atoms with Gasteiger partial charge in [0.15, 0.2) is 5.56 Å². The molecule has 0 amide bonds. The predicted octanol–water partition coefficient (Wildman–Crippen LogP) is 6.97. The second-order valence-corrected chi connectivity index (χ2v) is 6.34. The third-order valence-electron chi connectivity index (χ3n) is 3.64. The molecule has 2 nitrogen and oxygen atoms in total. The highest BCUT2D eigenvalue weighted by atomic mass is 35.5. The van der Waals surface area contributed by atoms with Crippen molar-refractivity contribution in [2.45, 2.75) is 31.7 Å². The molecule has 1 unspecified atom stereocenters. The van der Waals surface area contributed by atoms with Crippen molar-refractivity contribution in [3.8, 4) is 5.75 Å². The van der Waals surface area contributed by atoms with Crippen LogP contribution in [0.5, 0.6) is 5.75 Å². The lowest BCUT2D eigenvalue weighted by molar-refractivity contribution is 0.291. The molecule has 132 valence electrons. The number of hydrogen-bond acceptors (Lipinski definition) is 2. The average molecular weight is 376 g/mol. The van der Waals surface area contributed by atoms with Crippen molar-refractivity contribution >= 4 is 34.1 Å². The summed E-state index contributed by atoms with van der Waals surface area (Å²) in [5.74, 6) is 1.57. The molecule has 0 spiro atoms. The van der Waals surface area contributed by atoms with Gasteiger partial charge in [0.1, 0.15) is 5.75 Å². The second kappa shape index (κ2) is 11.0. The van der Waals surface area contributed by atoms with Crippen LogP contribution in [0.4, 0.5) is 0 Å². The number of pyridine rings is 1. The summed E-state index contributed by atoms with van der Waals surface area (Å²) in [6, 6.07) is 19.4. The van der Waals surface area contributed by atoms with Gasteiger partial charge in [0.2, 0.25) is 0 Å². The quantitative estimate of drug-likeness (QED) is 0.342. The van der Waals surface area contributed by atoms with Gasteiger partial charge >= 0.3 is 0 Å². The first-order chi connectivity index (χ1) is 12.3. The summed E-state index contributed by atoms with van der Waals surface area (Å²) in [7, 11) is 0. The highest BCUT2D eigenvalue weighted by Crippen LogP contribution is 2.30. The van der Waals surface area contributed by atoms with Gasteiger partial charge in [-0.2, -0.15) is 0 Å². The molecule has 1 atom stereocenters. The van der Waals surface area contributed by atoms with E-state index in [2.05, 4.69) is 11.9 Å². The van der Waals surface area contributed by atoms with Crippen molar-refractivity contribution in [2.75, 3.05) is 5.88 Å². The van der Waals surface area contributed by atoms with Crippen molar-refractivity contribution in [3.63, 3.8) is 0 Å². The van der Waals surface area contributed by atoms with Gasteiger partial charge in [0.25, 0.3) is 0 Å². The monoisotopic (exact) mass is 375 g/mol. The number of fused-ring (bicyclic) bond motifs is 1. The smallest absolute Gasteiger partial charge is 0.197 e. The van der Waals surface area contributed by atoms with Crippen molar-refractivity contribution in [3.05, 3.63) is 72.4 Å². The zero-order valence-corrected chi connectivity index (χ0v) is 15.9. The number of para-hydroxylation sites is 1. The van der Waals surface area contributed by atoms with Crippen LogP contribution >= 0.6 is 23.2 Å². The Morgan fingerprint density at radius 3 is 2.36 bits per heavy atom. The maximum absolute atomic E-state index is 6.30. The van der Waals surface area contributed by atoms with Crippen LogP contribution in [0, 0.1) is 0 Å². The van der Waals surface area contributed by atoms with Crippen molar-refractivity contribution < 1.29 is 4.74 Å². The molecule has 0 aliphatic carbocycles. The molecule has 0 saturated heterocycles. The maximum Gasteiger partial charge on any atom is 0.197 e. The van der Waals surface area contributed by atoms with E-state index in [0.717, 1.165) is 28.1 Å². The second-order valence-electron chi connectivity index (χ2n) is 5.57. The Bertz CT molecular complexity index is 740. The Morgan fingerprint density at radius 1 is 0.960 bits per heavy atom. The molecule has 1 aromatic heterocycles. The number of nitrogens with zero attached hydrogens (tertiary/aromatic N) is 1. The van der Waals surface area contributed by atoms with Gasteiger partial charge in [-0.3, -0.25) is 4.98 Å². The summed E-state index contributed by atoms with van der Waals surface area (Å²) in [4.78, 5) is 4.30. The first-order valence-corrected chi connectivity index (χ1v) is 9.48. The molecule has 0 bridgehead atoms. The molecule has 3 aromatic rings. The highest BCUT2D eigenvalue weighted by molar-refractivity contribution is 6.20. The largest absolute Gasteiger partial charge is 0.470 e. The maximum atomic E-state index is 6.30. The molecule has 0 fully saturated rings. The zero-order chi connectivity index (χ0) is 17.9. The van der Waals surface area contributed by atoms with Crippen LogP contribution < -0.4 is 4.74 Å². The number of hydrogen-bond donors (Lipinski definition) is 0. The van der Waals surface area contributed by atoms with Crippen molar-refractivity contribution in [1.82, 2.24) is 4.98 Å². The topological polar surface area (TPSA) is 22.1 Å². The summed E-state index contributed by atoms with van der Waals surface area (Å²) in [5.41, 5.74) is 1.33. The minimum Gasteiger partial charge on any atom is -0.470 e. The minimum absolute atomic E-state index is 0.507. The number of halogens is 2. The molecule has 2 aromatic carbocycles. The number of ether oxygens (including phenoxy) is 1. The summed E-state index contributed by atoms with van der Waals surface area (Å²) in [5, 5.41) is 0.964. The predicted molar refractivity (Wildman–Crippen MR) is 108 cm³/mol. The van der Waals surface area contributed by atoms with Gasteiger partial charge in [-0.1, -0.05) is 73.8 Å². The number of rotatable bonds is 6. The molecular formula is C21H23Cl2NO. The van der Waals surface area contributed by atoms with E-state index >= 15 is 0 Å². The zero-order valence-electron chi connectivity index (χ0n) is 14.4. The Hall–Kier alpha value is -1.77.